The molecule has 0 unspecified atom stereocenters. The molecular formula is C12H11F3N4O2S2. The summed E-state index contributed by atoms with van der Waals surface area (Å²) in [4.78, 5) is 27.8. The maximum Gasteiger partial charge on any atom is 0.405 e. The van der Waals surface area contributed by atoms with E-state index in [1.165, 1.54) is 0 Å². The predicted molar refractivity (Wildman–Crippen MR) is 82.0 cm³/mol. The Morgan fingerprint density at radius 3 is 2.83 bits per heavy atom. The van der Waals surface area contributed by atoms with E-state index >= 15 is 0 Å². The molecule has 2 aromatic rings. The van der Waals surface area contributed by atoms with Gasteiger partial charge in [-0.3, -0.25) is 14.2 Å². The van der Waals surface area contributed by atoms with Gasteiger partial charge in [-0.15, -0.1) is 6.58 Å². The Kier molecular flexibility index (Phi) is 5.00. The van der Waals surface area contributed by atoms with E-state index in [9.17, 15) is 22.8 Å². The maximum atomic E-state index is 12.3. The van der Waals surface area contributed by atoms with Crippen LogP contribution in [0.1, 0.15) is 0 Å². The topological polar surface area (TPSA) is 68.9 Å². The summed E-state index contributed by atoms with van der Waals surface area (Å²) in [7, 11) is 0. The number of rotatable bonds is 5. The number of alkyl halides is 3. The molecule has 2 aromatic heterocycles. The summed E-state index contributed by atoms with van der Waals surface area (Å²) in [5, 5.41) is 1.70. The number of thiazole rings is 1. The van der Waals surface area contributed by atoms with E-state index in [4.69, 9.17) is 12.2 Å². The SMILES string of the molecule is C=CCn1c(=S)sc2c(=O)n(CC(=O)NCC(F)(F)F)cnc21. The van der Waals surface area contributed by atoms with Crippen molar-refractivity contribution in [3.8, 4) is 0 Å². The molecule has 0 fully saturated rings. The van der Waals surface area contributed by atoms with Gasteiger partial charge >= 0.3 is 6.18 Å². The van der Waals surface area contributed by atoms with E-state index in [0.717, 1.165) is 22.2 Å². The number of nitrogens with one attached hydrogen (secondary N) is 1. The van der Waals surface area contributed by atoms with Crippen LogP contribution in [-0.2, 0) is 17.9 Å². The third kappa shape index (κ3) is 4.05. The first-order valence-electron chi connectivity index (χ1n) is 6.26. The fourth-order valence-corrected chi connectivity index (χ4v) is 3.10. The number of allylic oxidation sites excluding steroid dienone is 1. The largest absolute Gasteiger partial charge is 0.405 e. The summed E-state index contributed by atoms with van der Waals surface area (Å²) in [5.41, 5.74) is -0.173. The number of carbonyl (C=O) groups excluding carboxylic acids is 1. The number of fused-ring (bicyclic) bond motifs is 1. The molecule has 0 aliphatic heterocycles. The zero-order valence-electron chi connectivity index (χ0n) is 11.6. The average Bonchev–Trinajstić information content (AvgIpc) is 2.77. The van der Waals surface area contributed by atoms with Gasteiger partial charge < -0.3 is 9.88 Å². The van der Waals surface area contributed by atoms with Crippen molar-refractivity contribution in [1.82, 2.24) is 19.4 Å². The van der Waals surface area contributed by atoms with Crippen LogP contribution in [0.15, 0.2) is 23.8 Å². The molecule has 0 radical (unpaired) electrons. The number of nitrogens with zero attached hydrogens (tertiary/aromatic N) is 3. The summed E-state index contributed by atoms with van der Waals surface area (Å²) in [6.45, 7) is 1.96. The molecule has 2 heterocycles. The fourth-order valence-electron chi connectivity index (χ4n) is 1.78. The van der Waals surface area contributed by atoms with Gasteiger partial charge in [-0.25, -0.2) is 4.98 Å². The molecule has 6 nitrogen and oxygen atoms in total. The van der Waals surface area contributed by atoms with Crippen molar-refractivity contribution in [3.05, 3.63) is 33.3 Å². The van der Waals surface area contributed by atoms with Crippen LogP contribution < -0.4 is 10.9 Å². The third-order valence-electron chi connectivity index (χ3n) is 2.75. The van der Waals surface area contributed by atoms with Crippen molar-refractivity contribution in [2.75, 3.05) is 6.54 Å². The molecule has 0 atom stereocenters. The molecule has 23 heavy (non-hydrogen) atoms. The van der Waals surface area contributed by atoms with Crippen molar-refractivity contribution >= 4 is 39.8 Å². The predicted octanol–water partition coefficient (Wildman–Crippen LogP) is 1.85. The van der Waals surface area contributed by atoms with Crippen LogP contribution in [0.2, 0.25) is 0 Å². The molecule has 0 spiro atoms. The van der Waals surface area contributed by atoms with E-state index < -0.39 is 30.7 Å². The van der Waals surface area contributed by atoms with Crippen LogP contribution in [0.5, 0.6) is 0 Å². The highest BCUT2D eigenvalue weighted by molar-refractivity contribution is 7.73. The van der Waals surface area contributed by atoms with Gasteiger partial charge in [-0.2, -0.15) is 13.2 Å². The van der Waals surface area contributed by atoms with Crippen LogP contribution in [0.4, 0.5) is 13.2 Å². The van der Waals surface area contributed by atoms with E-state index in [1.54, 1.807) is 16.0 Å². The molecule has 0 aliphatic rings. The molecule has 0 saturated carbocycles. The van der Waals surface area contributed by atoms with Crippen molar-refractivity contribution in [2.24, 2.45) is 0 Å². The summed E-state index contributed by atoms with van der Waals surface area (Å²) >= 11 is 6.16. The molecule has 0 bridgehead atoms. The molecule has 0 aliphatic carbocycles. The van der Waals surface area contributed by atoms with Crippen LogP contribution in [-0.4, -0.2) is 32.7 Å². The second-order valence-electron chi connectivity index (χ2n) is 4.49. The fraction of sp³-hybridized carbons (Fsp3) is 0.333. The van der Waals surface area contributed by atoms with Gasteiger partial charge in [-0.1, -0.05) is 17.4 Å². The molecule has 1 N–H and O–H groups in total. The molecule has 0 saturated heterocycles. The number of hydrogen-bond donors (Lipinski definition) is 1. The Hall–Kier alpha value is -2.01. The first-order chi connectivity index (χ1) is 10.7. The van der Waals surface area contributed by atoms with Gasteiger partial charge in [0.25, 0.3) is 5.56 Å². The standard InChI is InChI=1S/C12H11F3N4O2S2/c1-2-3-19-9-8(23-11(19)22)10(21)18(6-17-9)4-7(20)16-5-12(13,14)15/h2,6H,1,3-5H2,(H,16,20). The van der Waals surface area contributed by atoms with Crippen molar-refractivity contribution in [2.45, 2.75) is 19.3 Å². The second kappa shape index (κ2) is 6.62. The molecule has 124 valence electrons. The highest BCUT2D eigenvalue weighted by Crippen LogP contribution is 2.17. The van der Waals surface area contributed by atoms with Crippen molar-refractivity contribution < 1.29 is 18.0 Å². The Labute approximate surface area is 136 Å². The Morgan fingerprint density at radius 2 is 2.22 bits per heavy atom. The molecule has 11 heteroatoms. The average molecular weight is 364 g/mol. The molecule has 2 rings (SSSR count). The lowest BCUT2D eigenvalue weighted by atomic mass is 10.5. The summed E-state index contributed by atoms with van der Waals surface area (Å²) in [6.07, 6.45) is -1.80. The first-order valence-corrected chi connectivity index (χ1v) is 7.48. The van der Waals surface area contributed by atoms with Gasteiger partial charge in [0, 0.05) is 6.54 Å². The Bertz CT molecular complexity index is 866. The highest BCUT2D eigenvalue weighted by atomic mass is 32.1. The second-order valence-corrected chi connectivity index (χ2v) is 6.13. The highest BCUT2D eigenvalue weighted by Gasteiger charge is 2.27. The summed E-state index contributed by atoms with van der Waals surface area (Å²) in [6, 6.07) is 0. The molecule has 1 amide bonds. The minimum absolute atomic E-state index is 0.239. The van der Waals surface area contributed by atoms with Crippen LogP contribution in [0.3, 0.4) is 0 Å². The zero-order chi connectivity index (χ0) is 17.2. The van der Waals surface area contributed by atoms with Crippen LogP contribution in [0, 0.1) is 3.95 Å². The lowest BCUT2D eigenvalue weighted by Gasteiger charge is -2.09. The lowest BCUT2D eigenvalue weighted by Crippen LogP contribution is -2.37. The minimum atomic E-state index is -4.51. The number of amides is 1. The maximum absolute atomic E-state index is 12.3. The van der Waals surface area contributed by atoms with Gasteiger partial charge in [0.15, 0.2) is 9.60 Å². The third-order valence-corrected chi connectivity index (χ3v) is 4.18. The van der Waals surface area contributed by atoms with Gasteiger partial charge in [-0.05, 0) is 12.2 Å². The number of hydrogen-bond acceptors (Lipinski definition) is 5. The Morgan fingerprint density at radius 1 is 1.52 bits per heavy atom. The minimum Gasteiger partial charge on any atom is -0.345 e. The monoisotopic (exact) mass is 364 g/mol. The number of aromatic nitrogens is 3. The Balaban J connectivity index is 2.28. The first kappa shape index (κ1) is 17.3. The van der Waals surface area contributed by atoms with Gasteiger partial charge in [0.2, 0.25) is 5.91 Å². The zero-order valence-corrected chi connectivity index (χ0v) is 13.2. The van der Waals surface area contributed by atoms with Crippen molar-refractivity contribution in [3.63, 3.8) is 0 Å². The lowest BCUT2D eigenvalue weighted by molar-refractivity contribution is -0.138. The quantitative estimate of drug-likeness (QED) is 0.649. The van der Waals surface area contributed by atoms with E-state index in [0.29, 0.717) is 16.1 Å². The van der Waals surface area contributed by atoms with Gasteiger partial charge in [0.1, 0.15) is 24.1 Å². The number of halogens is 3. The van der Waals surface area contributed by atoms with E-state index in [-0.39, 0.29) is 4.70 Å². The van der Waals surface area contributed by atoms with Crippen LogP contribution >= 0.6 is 23.6 Å². The molecule has 0 aromatic carbocycles. The summed E-state index contributed by atoms with van der Waals surface area (Å²) in [5.74, 6) is -0.931. The molecular weight excluding hydrogens is 353 g/mol. The number of carbonyl (C=O) groups is 1. The van der Waals surface area contributed by atoms with Crippen molar-refractivity contribution in [1.29, 1.82) is 0 Å². The van der Waals surface area contributed by atoms with Gasteiger partial charge in [0.05, 0.1) is 0 Å². The van der Waals surface area contributed by atoms with Crippen LogP contribution in [0.25, 0.3) is 10.3 Å². The van der Waals surface area contributed by atoms with E-state index in [1.807, 2.05) is 0 Å². The van der Waals surface area contributed by atoms with E-state index in [2.05, 4.69) is 11.6 Å². The normalized spacial score (nSPS) is 11.6. The summed E-state index contributed by atoms with van der Waals surface area (Å²) < 4.78 is 39.3. The smallest absolute Gasteiger partial charge is 0.345 e.